The summed E-state index contributed by atoms with van der Waals surface area (Å²) < 4.78 is 10.7. The van der Waals surface area contributed by atoms with Crippen LogP contribution in [0.3, 0.4) is 0 Å². The van der Waals surface area contributed by atoms with Gasteiger partial charge in [-0.2, -0.15) is 0 Å². The van der Waals surface area contributed by atoms with Gasteiger partial charge in [-0.3, -0.25) is 4.98 Å². The van der Waals surface area contributed by atoms with Gasteiger partial charge in [0.15, 0.2) is 0 Å². The lowest BCUT2D eigenvalue weighted by Crippen LogP contribution is -1.92. The maximum absolute atomic E-state index is 5.52. The highest BCUT2D eigenvalue weighted by Crippen LogP contribution is 2.29. The molecule has 0 aliphatic rings. The SMILES string of the molecule is COc1ccncc1-c1ccc(CN)o1. The number of hydrogen-bond acceptors (Lipinski definition) is 4. The van der Waals surface area contributed by atoms with E-state index in [1.54, 1.807) is 25.6 Å². The molecule has 2 aromatic heterocycles. The van der Waals surface area contributed by atoms with Gasteiger partial charge in [0.05, 0.1) is 19.2 Å². The highest BCUT2D eigenvalue weighted by molar-refractivity contribution is 5.64. The first kappa shape index (κ1) is 9.73. The van der Waals surface area contributed by atoms with Gasteiger partial charge in [0.1, 0.15) is 17.3 Å². The van der Waals surface area contributed by atoms with Crippen LogP contribution in [0.5, 0.6) is 5.75 Å². The molecule has 2 aromatic rings. The zero-order valence-corrected chi connectivity index (χ0v) is 8.43. The van der Waals surface area contributed by atoms with Gasteiger partial charge in [0.25, 0.3) is 0 Å². The number of hydrogen-bond donors (Lipinski definition) is 1. The summed E-state index contributed by atoms with van der Waals surface area (Å²) in [6.07, 6.45) is 3.38. The van der Waals surface area contributed by atoms with E-state index in [2.05, 4.69) is 4.98 Å². The summed E-state index contributed by atoms with van der Waals surface area (Å²) in [4.78, 5) is 4.03. The molecule has 0 bridgehead atoms. The van der Waals surface area contributed by atoms with E-state index in [4.69, 9.17) is 14.9 Å². The molecule has 0 radical (unpaired) electrons. The highest BCUT2D eigenvalue weighted by atomic mass is 16.5. The molecule has 78 valence electrons. The summed E-state index contributed by atoms with van der Waals surface area (Å²) in [7, 11) is 1.62. The topological polar surface area (TPSA) is 61.3 Å². The van der Waals surface area contributed by atoms with Crippen molar-refractivity contribution in [1.82, 2.24) is 4.98 Å². The Kier molecular flexibility index (Phi) is 2.69. The molecule has 0 atom stereocenters. The molecule has 0 fully saturated rings. The van der Waals surface area contributed by atoms with Crippen molar-refractivity contribution in [2.45, 2.75) is 6.54 Å². The maximum atomic E-state index is 5.52. The standard InChI is InChI=1S/C11H12N2O2/c1-14-10-4-5-13-7-9(10)11-3-2-8(6-12)15-11/h2-5,7H,6,12H2,1H3. The smallest absolute Gasteiger partial charge is 0.139 e. The number of aromatic nitrogens is 1. The maximum Gasteiger partial charge on any atom is 0.139 e. The number of nitrogens with zero attached hydrogens (tertiary/aromatic N) is 1. The monoisotopic (exact) mass is 204 g/mol. The van der Waals surface area contributed by atoms with Gasteiger partial charge in [-0.05, 0) is 18.2 Å². The molecule has 4 heteroatoms. The first-order valence-electron chi connectivity index (χ1n) is 4.62. The molecular formula is C11H12N2O2. The highest BCUT2D eigenvalue weighted by Gasteiger charge is 2.09. The average Bonchev–Trinajstić information content (AvgIpc) is 2.77. The molecule has 0 amide bonds. The van der Waals surface area contributed by atoms with E-state index >= 15 is 0 Å². The quantitative estimate of drug-likeness (QED) is 0.828. The summed E-state index contributed by atoms with van der Waals surface area (Å²) in [6.45, 7) is 0.391. The van der Waals surface area contributed by atoms with Gasteiger partial charge in [-0.15, -0.1) is 0 Å². The Morgan fingerprint density at radius 3 is 2.93 bits per heavy atom. The van der Waals surface area contributed by atoms with Crippen molar-refractivity contribution in [2.24, 2.45) is 5.73 Å². The molecule has 0 aliphatic carbocycles. The first-order valence-corrected chi connectivity index (χ1v) is 4.62. The Hall–Kier alpha value is -1.81. The van der Waals surface area contributed by atoms with Crippen molar-refractivity contribution in [3.05, 3.63) is 36.4 Å². The molecule has 15 heavy (non-hydrogen) atoms. The zero-order chi connectivity index (χ0) is 10.7. The van der Waals surface area contributed by atoms with Gasteiger partial charge in [0.2, 0.25) is 0 Å². The Morgan fingerprint density at radius 2 is 2.27 bits per heavy atom. The number of pyridine rings is 1. The largest absolute Gasteiger partial charge is 0.496 e. The lowest BCUT2D eigenvalue weighted by Gasteiger charge is -2.04. The molecule has 0 aliphatic heterocycles. The minimum Gasteiger partial charge on any atom is -0.496 e. The van der Waals surface area contributed by atoms with Gasteiger partial charge in [-0.25, -0.2) is 0 Å². The van der Waals surface area contributed by atoms with Crippen LogP contribution in [0, 0.1) is 0 Å². The fraction of sp³-hybridized carbons (Fsp3) is 0.182. The third-order valence-corrected chi connectivity index (χ3v) is 2.13. The van der Waals surface area contributed by atoms with E-state index in [1.165, 1.54) is 0 Å². The van der Waals surface area contributed by atoms with E-state index in [0.717, 1.165) is 22.8 Å². The second-order valence-electron chi connectivity index (χ2n) is 3.05. The van der Waals surface area contributed by atoms with Crippen LogP contribution in [-0.4, -0.2) is 12.1 Å². The van der Waals surface area contributed by atoms with E-state index in [1.807, 2.05) is 12.1 Å². The number of ether oxygens (including phenoxy) is 1. The van der Waals surface area contributed by atoms with Crippen LogP contribution in [0.2, 0.25) is 0 Å². The summed E-state index contributed by atoms with van der Waals surface area (Å²) in [5.74, 6) is 2.21. The minimum atomic E-state index is 0.391. The molecule has 0 saturated heterocycles. The van der Waals surface area contributed by atoms with Crippen molar-refractivity contribution in [2.75, 3.05) is 7.11 Å². The summed E-state index contributed by atoms with van der Waals surface area (Å²) in [5.41, 5.74) is 6.30. The van der Waals surface area contributed by atoms with Crippen LogP contribution in [0.25, 0.3) is 11.3 Å². The van der Waals surface area contributed by atoms with Gasteiger partial charge < -0.3 is 14.9 Å². The van der Waals surface area contributed by atoms with E-state index < -0.39 is 0 Å². The Labute approximate surface area is 87.7 Å². The van der Waals surface area contributed by atoms with E-state index in [9.17, 15) is 0 Å². The van der Waals surface area contributed by atoms with Gasteiger partial charge in [-0.1, -0.05) is 0 Å². The van der Waals surface area contributed by atoms with Crippen molar-refractivity contribution in [3.63, 3.8) is 0 Å². The summed E-state index contributed by atoms with van der Waals surface area (Å²) in [5, 5.41) is 0. The van der Waals surface area contributed by atoms with Crippen molar-refractivity contribution in [3.8, 4) is 17.1 Å². The van der Waals surface area contributed by atoms with Crippen molar-refractivity contribution >= 4 is 0 Å². The van der Waals surface area contributed by atoms with Crippen LogP contribution in [0.15, 0.2) is 35.0 Å². The molecule has 2 rings (SSSR count). The van der Waals surface area contributed by atoms with Crippen LogP contribution < -0.4 is 10.5 Å². The predicted molar refractivity (Wildman–Crippen MR) is 56.4 cm³/mol. The van der Waals surface area contributed by atoms with Crippen molar-refractivity contribution < 1.29 is 9.15 Å². The van der Waals surface area contributed by atoms with Crippen LogP contribution in [0.4, 0.5) is 0 Å². The molecular weight excluding hydrogens is 192 g/mol. The summed E-state index contributed by atoms with van der Waals surface area (Å²) in [6, 6.07) is 5.50. The van der Waals surface area contributed by atoms with E-state index in [-0.39, 0.29) is 0 Å². The third kappa shape index (κ3) is 1.85. The second-order valence-corrected chi connectivity index (χ2v) is 3.05. The fourth-order valence-corrected chi connectivity index (χ4v) is 1.38. The number of nitrogens with two attached hydrogens (primary N) is 1. The second kappa shape index (κ2) is 4.14. The lowest BCUT2D eigenvalue weighted by atomic mass is 10.2. The molecule has 0 aromatic carbocycles. The van der Waals surface area contributed by atoms with Gasteiger partial charge >= 0.3 is 0 Å². The molecule has 2 heterocycles. The number of methoxy groups -OCH3 is 1. The molecule has 0 spiro atoms. The van der Waals surface area contributed by atoms with Crippen LogP contribution in [-0.2, 0) is 6.54 Å². The molecule has 4 nitrogen and oxygen atoms in total. The fourth-order valence-electron chi connectivity index (χ4n) is 1.38. The lowest BCUT2D eigenvalue weighted by molar-refractivity contribution is 0.413. The van der Waals surface area contributed by atoms with Crippen LogP contribution >= 0.6 is 0 Å². The zero-order valence-electron chi connectivity index (χ0n) is 8.43. The predicted octanol–water partition coefficient (Wildman–Crippen LogP) is 1.81. The Morgan fingerprint density at radius 1 is 1.40 bits per heavy atom. The summed E-state index contributed by atoms with van der Waals surface area (Å²) >= 11 is 0. The number of rotatable bonds is 3. The average molecular weight is 204 g/mol. The first-order chi connectivity index (χ1) is 7.35. The minimum absolute atomic E-state index is 0.391. The Bertz CT molecular complexity index is 451. The van der Waals surface area contributed by atoms with E-state index in [0.29, 0.717) is 6.54 Å². The number of furan rings is 1. The Balaban J connectivity index is 2.44. The molecule has 0 unspecified atom stereocenters. The van der Waals surface area contributed by atoms with Crippen molar-refractivity contribution in [1.29, 1.82) is 0 Å². The van der Waals surface area contributed by atoms with Crippen LogP contribution in [0.1, 0.15) is 5.76 Å². The third-order valence-electron chi connectivity index (χ3n) is 2.13. The normalized spacial score (nSPS) is 10.3. The molecule has 0 saturated carbocycles. The van der Waals surface area contributed by atoms with Gasteiger partial charge in [0, 0.05) is 12.4 Å². The molecule has 2 N–H and O–H groups in total.